The second-order valence-corrected chi connectivity index (χ2v) is 13.9. The highest BCUT2D eigenvalue weighted by molar-refractivity contribution is 6.21. The van der Waals surface area contributed by atoms with E-state index < -0.39 is 0 Å². The molecule has 10 rings (SSSR count). The zero-order valence-electron chi connectivity index (χ0n) is 30.0. The highest BCUT2D eigenvalue weighted by Crippen LogP contribution is 2.47. The number of benzene rings is 6. The third-order valence-corrected chi connectivity index (χ3v) is 10.5. The van der Waals surface area contributed by atoms with Crippen LogP contribution < -0.4 is 0 Å². The first-order valence-corrected chi connectivity index (χ1v) is 18.3. The van der Waals surface area contributed by atoms with Crippen molar-refractivity contribution in [2.24, 2.45) is 0 Å². The van der Waals surface area contributed by atoms with E-state index in [-0.39, 0.29) is 0 Å². The van der Waals surface area contributed by atoms with Crippen molar-refractivity contribution >= 4 is 43.6 Å². The van der Waals surface area contributed by atoms with E-state index in [1.165, 1.54) is 0 Å². The number of hydrogen-bond acceptors (Lipinski definition) is 4. The molecule has 0 aliphatic carbocycles. The molecule has 54 heavy (non-hydrogen) atoms. The van der Waals surface area contributed by atoms with E-state index in [0.29, 0.717) is 0 Å². The summed E-state index contributed by atoms with van der Waals surface area (Å²) in [5.41, 5.74) is 16.6. The topological polar surface area (TPSA) is 51.6 Å². The average Bonchev–Trinajstić information content (AvgIpc) is 3.23. The maximum absolute atomic E-state index is 5.42. The molecule has 0 saturated heterocycles. The lowest BCUT2D eigenvalue weighted by Gasteiger charge is -2.20. The predicted molar refractivity (Wildman–Crippen MR) is 224 cm³/mol. The van der Waals surface area contributed by atoms with Crippen molar-refractivity contribution < 1.29 is 0 Å². The van der Waals surface area contributed by atoms with E-state index >= 15 is 0 Å². The van der Waals surface area contributed by atoms with Crippen LogP contribution in [0.2, 0.25) is 0 Å². The van der Waals surface area contributed by atoms with E-state index in [2.05, 4.69) is 159 Å². The molecule has 0 N–H and O–H groups in total. The lowest BCUT2D eigenvalue weighted by atomic mass is 9.86. The highest BCUT2D eigenvalue weighted by atomic mass is 14.8. The van der Waals surface area contributed by atoms with E-state index in [9.17, 15) is 0 Å². The maximum atomic E-state index is 5.42. The Kier molecular flexibility index (Phi) is 7.55. The molecule has 4 aromatic heterocycles. The van der Waals surface area contributed by atoms with Gasteiger partial charge < -0.3 is 0 Å². The fourth-order valence-corrected chi connectivity index (χ4v) is 8.15. The van der Waals surface area contributed by atoms with Crippen LogP contribution in [0.3, 0.4) is 0 Å². The van der Waals surface area contributed by atoms with Gasteiger partial charge in [-0.2, -0.15) is 0 Å². The van der Waals surface area contributed by atoms with Gasteiger partial charge in [0.2, 0.25) is 0 Å². The summed E-state index contributed by atoms with van der Waals surface area (Å²) in [5.74, 6) is 0. The molecular formula is C50H34N4. The first kappa shape index (κ1) is 31.7. The predicted octanol–water partition coefficient (Wildman–Crippen LogP) is 12.8. The minimum Gasteiger partial charge on any atom is -0.254 e. The number of aromatic nitrogens is 4. The summed E-state index contributed by atoms with van der Waals surface area (Å²) in [4.78, 5) is 20.7. The van der Waals surface area contributed by atoms with Crippen LogP contribution in [0.5, 0.6) is 0 Å². The fraction of sp³-hybridized carbons (Fsp3) is 0.0400. The molecule has 0 radical (unpaired) electrons. The largest absolute Gasteiger partial charge is 0.254 e. The van der Waals surface area contributed by atoms with E-state index in [4.69, 9.17) is 19.9 Å². The Bertz CT molecular complexity index is 3030. The van der Waals surface area contributed by atoms with Crippen LogP contribution in [0.4, 0.5) is 0 Å². The lowest BCUT2D eigenvalue weighted by molar-refractivity contribution is 1.23. The standard InChI is InChI=1S/C50H34N4/c1-31-25-26-39-44(34-18-9-4-10-19-34)46(36-22-13-6-14-23-36)42-29-40(32(2)54-50(42)49(39)53-31)37-28-41-45(35-20-11-5-12-21-35)43(33-16-7-3-8-17-33)38-24-15-27-51-47(38)48(41)52-30-37/h3-30H,1-2H3. The Morgan fingerprint density at radius 3 is 1.37 bits per heavy atom. The molecule has 0 bridgehead atoms. The molecule has 0 saturated carbocycles. The van der Waals surface area contributed by atoms with E-state index in [0.717, 1.165) is 111 Å². The summed E-state index contributed by atoms with van der Waals surface area (Å²) >= 11 is 0. The first-order valence-electron chi connectivity index (χ1n) is 18.3. The molecule has 0 unspecified atom stereocenters. The summed E-state index contributed by atoms with van der Waals surface area (Å²) in [5, 5.41) is 4.27. The Morgan fingerprint density at radius 1 is 0.352 bits per heavy atom. The average molecular weight is 691 g/mol. The monoisotopic (exact) mass is 690 g/mol. The van der Waals surface area contributed by atoms with Crippen LogP contribution in [0.25, 0.3) is 99.2 Å². The summed E-state index contributed by atoms with van der Waals surface area (Å²) in [6, 6.07) is 55.7. The quantitative estimate of drug-likeness (QED) is 0.169. The number of fused-ring (bicyclic) bond motifs is 6. The molecule has 0 aliphatic heterocycles. The van der Waals surface area contributed by atoms with Crippen LogP contribution in [-0.4, -0.2) is 19.9 Å². The molecule has 10 aromatic rings. The van der Waals surface area contributed by atoms with Gasteiger partial charge in [-0.1, -0.05) is 133 Å². The van der Waals surface area contributed by atoms with E-state index in [1.54, 1.807) is 0 Å². The van der Waals surface area contributed by atoms with Gasteiger partial charge in [-0.05, 0) is 82.6 Å². The molecule has 0 aliphatic rings. The number of pyridine rings is 4. The number of rotatable bonds is 5. The molecule has 0 fully saturated rings. The van der Waals surface area contributed by atoms with Gasteiger partial charge in [0, 0.05) is 56.5 Å². The molecule has 4 heteroatoms. The van der Waals surface area contributed by atoms with Gasteiger partial charge >= 0.3 is 0 Å². The molecule has 4 nitrogen and oxygen atoms in total. The Balaban J connectivity index is 1.33. The molecule has 254 valence electrons. The maximum Gasteiger partial charge on any atom is 0.0975 e. The van der Waals surface area contributed by atoms with Gasteiger partial charge in [0.25, 0.3) is 0 Å². The van der Waals surface area contributed by atoms with Crippen molar-refractivity contribution in [1.29, 1.82) is 0 Å². The molecule has 6 aromatic carbocycles. The number of hydrogen-bond donors (Lipinski definition) is 0. The van der Waals surface area contributed by atoms with E-state index in [1.807, 2.05) is 25.4 Å². The number of aryl methyl sites for hydroxylation is 2. The van der Waals surface area contributed by atoms with Crippen LogP contribution in [0, 0.1) is 13.8 Å². The Morgan fingerprint density at radius 2 is 0.815 bits per heavy atom. The van der Waals surface area contributed by atoms with Crippen molar-refractivity contribution in [2.75, 3.05) is 0 Å². The second-order valence-electron chi connectivity index (χ2n) is 13.9. The molecule has 0 spiro atoms. The zero-order valence-corrected chi connectivity index (χ0v) is 30.0. The molecule has 0 atom stereocenters. The Labute approximate surface area is 313 Å². The molecule has 0 amide bonds. The first-order chi connectivity index (χ1) is 26.6. The highest BCUT2D eigenvalue weighted by Gasteiger charge is 2.23. The van der Waals surface area contributed by atoms with Gasteiger partial charge in [-0.3, -0.25) is 19.9 Å². The van der Waals surface area contributed by atoms with Crippen molar-refractivity contribution in [2.45, 2.75) is 13.8 Å². The summed E-state index contributed by atoms with van der Waals surface area (Å²) in [7, 11) is 0. The van der Waals surface area contributed by atoms with Crippen LogP contribution >= 0.6 is 0 Å². The van der Waals surface area contributed by atoms with Crippen molar-refractivity contribution in [3.05, 3.63) is 182 Å². The number of nitrogens with zero attached hydrogens (tertiary/aromatic N) is 4. The lowest BCUT2D eigenvalue weighted by Crippen LogP contribution is -1.99. The van der Waals surface area contributed by atoms with Gasteiger partial charge in [0.1, 0.15) is 0 Å². The minimum atomic E-state index is 0.876. The minimum absolute atomic E-state index is 0.876. The molecular weight excluding hydrogens is 657 g/mol. The normalized spacial score (nSPS) is 11.5. The van der Waals surface area contributed by atoms with Crippen LogP contribution in [0.15, 0.2) is 170 Å². The van der Waals surface area contributed by atoms with Crippen LogP contribution in [0.1, 0.15) is 11.4 Å². The summed E-state index contributed by atoms with van der Waals surface area (Å²) < 4.78 is 0. The third-order valence-electron chi connectivity index (χ3n) is 10.5. The molecule has 4 heterocycles. The SMILES string of the molecule is Cc1ccc2c(-c3ccccc3)c(-c3ccccc3)c3cc(-c4cnc5c(c4)c(-c4ccccc4)c(-c4ccccc4)c4cccnc45)c(C)nc3c2n1. The fourth-order valence-electron chi connectivity index (χ4n) is 8.15. The zero-order chi connectivity index (χ0) is 36.2. The Hall–Kier alpha value is -7.04. The van der Waals surface area contributed by atoms with Crippen molar-refractivity contribution in [3.8, 4) is 55.6 Å². The van der Waals surface area contributed by atoms with Gasteiger partial charge in [0.05, 0.1) is 22.1 Å². The van der Waals surface area contributed by atoms with Crippen molar-refractivity contribution in [1.82, 2.24) is 19.9 Å². The van der Waals surface area contributed by atoms with Gasteiger partial charge in [0.15, 0.2) is 0 Å². The van der Waals surface area contributed by atoms with Crippen LogP contribution in [-0.2, 0) is 0 Å². The summed E-state index contributed by atoms with van der Waals surface area (Å²) in [6.45, 7) is 4.15. The third kappa shape index (κ3) is 5.14. The van der Waals surface area contributed by atoms with Crippen molar-refractivity contribution in [3.63, 3.8) is 0 Å². The summed E-state index contributed by atoms with van der Waals surface area (Å²) in [6.07, 6.45) is 3.86. The van der Waals surface area contributed by atoms with Gasteiger partial charge in [-0.25, -0.2) is 0 Å². The second kappa shape index (κ2) is 12.9. The smallest absolute Gasteiger partial charge is 0.0975 e. The van der Waals surface area contributed by atoms with Gasteiger partial charge in [-0.15, -0.1) is 0 Å².